The predicted molar refractivity (Wildman–Crippen MR) is 117 cm³/mol. The molecule has 0 saturated heterocycles. The topological polar surface area (TPSA) is 58.6 Å². The molecule has 0 spiro atoms. The summed E-state index contributed by atoms with van der Waals surface area (Å²) in [7, 11) is 0. The van der Waals surface area contributed by atoms with Crippen LogP contribution in [0.2, 0.25) is 5.02 Å². The lowest BCUT2D eigenvalue weighted by molar-refractivity contribution is -0.142. The fourth-order valence-electron chi connectivity index (χ4n) is 3.67. The number of carbonyl (C=O) groups excluding carboxylic acids is 2. The summed E-state index contributed by atoms with van der Waals surface area (Å²) in [6, 6.07) is 19.3. The number of para-hydroxylation sites is 1. The van der Waals surface area contributed by atoms with Crippen molar-refractivity contribution in [2.45, 2.75) is 19.1 Å². The molecule has 4 rings (SSSR count). The molecule has 5 nitrogen and oxygen atoms in total. The number of anilines is 1. The highest BCUT2D eigenvalue weighted by Crippen LogP contribution is 2.37. The largest absolute Gasteiger partial charge is 0.481 e. The molecular formula is C24H20ClFN2O3. The van der Waals surface area contributed by atoms with Gasteiger partial charge >= 0.3 is 0 Å². The van der Waals surface area contributed by atoms with Gasteiger partial charge in [-0.2, -0.15) is 0 Å². The number of nitrogens with zero attached hydrogens (tertiary/aromatic N) is 1. The van der Waals surface area contributed by atoms with Gasteiger partial charge in [0.05, 0.1) is 6.04 Å². The molecule has 1 N–H and O–H groups in total. The third kappa shape index (κ3) is 4.54. The van der Waals surface area contributed by atoms with Gasteiger partial charge in [0.15, 0.2) is 6.10 Å². The second kappa shape index (κ2) is 8.78. The summed E-state index contributed by atoms with van der Waals surface area (Å²) in [5.74, 6) is -0.560. The number of nitrogens with one attached hydrogen (secondary N) is 1. The van der Waals surface area contributed by atoms with Crippen molar-refractivity contribution in [3.8, 4) is 5.75 Å². The van der Waals surface area contributed by atoms with Crippen LogP contribution in [0.4, 0.5) is 10.1 Å². The molecule has 2 amide bonds. The van der Waals surface area contributed by atoms with Crippen LogP contribution >= 0.6 is 11.6 Å². The van der Waals surface area contributed by atoms with Gasteiger partial charge in [-0.3, -0.25) is 9.59 Å². The van der Waals surface area contributed by atoms with Crippen LogP contribution in [0.25, 0.3) is 0 Å². The van der Waals surface area contributed by atoms with Gasteiger partial charge in [-0.25, -0.2) is 4.39 Å². The van der Waals surface area contributed by atoms with E-state index in [9.17, 15) is 14.0 Å². The van der Waals surface area contributed by atoms with E-state index in [1.807, 2.05) is 18.2 Å². The first-order chi connectivity index (χ1) is 14.9. The molecule has 1 aliphatic heterocycles. The third-order valence-corrected chi connectivity index (χ3v) is 5.32. The number of fused-ring (bicyclic) bond motifs is 1. The summed E-state index contributed by atoms with van der Waals surface area (Å²) in [5, 5.41) is 3.29. The summed E-state index contributed by atoms with van der Waals surface area (Å²) in [6.45, 7) is 1.45. The Kier molecular flexibility index (Phi) is 5.91. The molecule has 0 fully saturated rings. The number of ether oxygens (including phenoxy) is 1. The molecule has 31 heavy (non-hydrogen) atoms. The van der Waals surface area contributed by atoms with E-state index in [0.717, 1.165) is 0 Å². The number of benzene rings is 3. The number of amides is 2. The minimum atomic E-state index is -0.848. The molecule has 0 unspecified atom stereocenters. The molecule has 1 aliphatic rings. The number of hydrogen-bond acceptors (Lipinski definition) is 3. The molecule has 0 aromatic heterocycles. The Morgan fingerprint density at radius 1 is 1.13 bits per heavy atom. The van der Waals surface area contributed by atoms with Crippen LogP contribution in [0, 0.1) is 5.82 Å². The maximum absolute atomic E-state index is 13.6. The van der Waals surface area contributed by atoms with Crippen LogP contribution in [0.1, 0.15) is 24.1 Å². The third-order valence-electron chi connectivity index (χ3n) is 5.08. The summed E-state index contributed by atoms with van der Waals surface area (Å²) in [5.41, 5.74) is 1.85. The molecule has 3 aromatic carbocycles. The second-order valence-corrected chi connectivity index (χ2v) is 7.71. The van der Waals surface area contributed by atoms with E-state index in [0.29, 0.717) is 27.6 Å². The molecule has 0 aliphatic carbocycles. The highest BCUT2D eigenvalue weighted by Gasteiger charge is 2.36. The molecule has 3 aromatic rings. The standard InChI is InChI=1S/C24H20ClFN2O3/c1-15(31-19-5-3-2-4-6-19)24(30)28-14-22(29)27-21-12-9-17(25)13-20(21)23(28)16-7-10-18(26)11-8-16/h2-13,15,23H,14H2,1H3,(H,27,29)/t15-,23+/m1/s1. The first-order valence-corrected chi connectivity index (χ1v) is 10.2. The van der Waals surface area contributed by atoms with Crippen molar-refractivity contribution in [2.24, 2.45) is 0 Å². The molecule has 1 heterocycles. The van der Waals surface area contributed by atoms with E-state index >= 15 is 0 Å². The van der Waals surface area contributed by atoms with Gasteiger partial charge in [-0.1, -0.05) is 41.9 Å². The Morgan fingerprint density at radius 3 is 2.55 bits per heavy atom. The van der Waals surface area contributed by atoms with Gasteiger partial charge in [0, 0.05) is 16.3 Å². The van der Waals surface area contributed by atoms with Gasteiger partial charge < -0.3 is 15.0 Å². The Labute approximate surface area is 184 Å². The minimum absolute atomic E-state index is 0.185. The molecule has 0 radical (unpaired) electrons. The van der Waals surface area contributed by atoms with E-state index in [-0.39, 0.29) is 18.4 Å². The average Bonchev–Trinajstić information content (AvgIpc) is 2.90. The zero-order valence-electron chi connectivity index (χ0n) is 16.7. The Bertz CT molecular complexity index is 1110. The van der Waals surface area contributed by atoms with Crippen molar-refractivity contribution in [3.63, 3.8) is 0 Å². The fraction of sp³-hybridized carbons (Fsp3) is 0.167. The molecule has 7 heteroatoms. The Morgan fingerprint density at radius 2 is 1.84 bits per heavy atom. The van der Waals surface area contributed by atoms with Crippen LogP contribution in [0.15, 0.2) is 72.8 Å². The SMILES string of the molecule is C[C@@H](Oc1ccccc1)C(=O)N1CC(=O)Nc2ccc(Cl)cc2[C@@H]1c1ccc(F)cc1. The summed E-state index contributed by atoms with van der Waals surface area (Å²) in [6.07, 6.45) is -0.848. The number of hydrogen-bond donors (Lipinski definition) is 1. The highest BCUT2D eigenvalue weighted by molar-refractivity contribution is 6.30. The van der Waals surface area contributed by atoms with Crippen molar-refractivity contribution in [1.29, 1.82) is 0 Å². The van der Waals surface area contributed by atoms with Crippen molar-refractivity contribution in [1.82, 2.24) is 4.90 Å². The van der Waals surface area contributed by atoms with Crippen LogP contribution in [0.3, 0.4) is 0 Å². The lowest BCUT2D eigenvalue weighted by atomic mass is 9.95. The molecule has 2 atom stereocenters. The first-order valence-electron chi connectivity index (χ1n) is 9.79. The van der Waals surface area contributed by atoms with E-state index in [1.165, 1.54) is 17.0 Å². The Hall–Kier alpha value is -3.38. The van der Waals surface area contributed by atoms with Gasteiger partial charge in [0.1, 0.15) is 18.1 Å². The van der Waals surface area contributed by atoms with Gasteiger partial charge in [-0.15, -0.1) is 0 Å². The Balaban J connectivity index is 1.76. The zero-order chi connectivity index (χ0) is 22.0. The fourth-order valence-corrected chi connectivity index (χ4v) is 3.85. The van der Waals surface area contributed by atoms with Crippen LogP contribution in [-0.4, -0.2) is 29.4 Å². The first kappa shape index (κ1) is 20.9. The second-order valence-electron chi connectivity index (χ2n) is 7.27. The maximum atomic E-state index is 13.6. The summed E-state index contributed by atoms with van der Waals surface area (Å²) in [4.78, 5) is 27.5. The van der Waals surface area contributed by atoms with Crippen molar-refractivity contribution in [3.05, 3.63) is 94.8 Å². The summed E-state index contributed by atoms with van der Waals surface area (Å²) < 4.78 is 19.4. The van der Waals surface area contributed by atoms with Crippen LogP contribution in [0.5, 0.6) is 5.75 Å². The minimum Gasteiger partial charge on any atom is -0.481 e. The average molecular weight is 439 g/mol. The van der Waals surface area contributed by atoms with Crippen LogP contribution < -0.4 is 10.1 Å². The molecule has 0 bridgehead atoms. The highest BCUT2D eigenvalue weighted by atomic mass is 35.5. The normalized spacial score (nSPS) is 16.7. The quantitative estimate of drug-likeness (QED) is 0.635. The van der Waals surface area contributed by atoms with E-state index in [2.05, 4.69) is 5.32 Å². The molecular weight excluding hydrogens is 419 g/mol. The number of rotatable bonds is 4. The van der Waals surface area contributed by atoms with Gasteiger partial charge in [0.2, 0.25) is 5.91 Å². The lowest BCUT2D eigenvalue weighted by Crippen LogP contribution is -2.45. The van der Waals surface area contributed by atoms with E-state index in [4.69, 9.17) is 16.3 Å². The monoisotopic (exact) mass is 438 g/mol. The predicted octanol–water partition coefficient (Wildman–Crippen LogP) is 4.82. The van der Waals surface area contributed by atoms with Crippen molar-refractivity contribution >= 4 is 29.1 Å². The maximum Gasteiger partial charge on any atom is 0.264 e. The van der Waals surface area contributed by atoms with E-state index < -0.39 is 18.0 Å². The van der Waals surface area contributed by atoms with Gasteiger partial charge in [0.25, 0.3) is 5.91 Å². The van der Waals surface area contributed by atoms with Gasteiger partial charge in [-0.05, 0) is 55.0 Å². The van der Waals surface area contributed by atoms with Crippen LogP contribution in [-0.2, 0) is 9.59 Å². The van der Waals surface area contributed by atoms with E-state index in [1.54, 1.807) is 49.4 Å². The lowest BCUT2D eigenvalue weighted by Gasteiger charge is -2.32. The number of halogens is 2. The van der Waals surface area contributed by atoms with Crippen molar-refractivity contribution < 1.29 is 18.7 Å². The van der Waals surface area contributed by atoms with Crippen molar-refractivity contribution in [2.75, 3.05) is 11.9 Å². The molecule has 158 valence electrons. The number of carbonyl (C=O) groups is 2. The summed E-state index contributed by atoms with van der Waals surface area (Å²) >= 11 is 6.24. The molecule has 0 saturated carbocycles. The zero-order valence-corrected chi connectivity index (χ0v) is 17.5. The smallest absolute Gasteiger partial charge is 0.264 e.